The Bertz CT molecular complexity index is 752. The highest BCUT2D eigenvalue weighted by atomic mass is 79.9. The number of ether oxygens (including phenoxy) is 2. The van der Waals surface area contributed by atoms with Crippen LogP contribution in [0.25, 0.3) is 0 Å². The summed E-state index contributed by atoms with van der Waals surface area (Å²) in [4.78, 5) is 38.9. The molecule has 2 rings (SSSR count). The van der Waals surface area contributed by atoms with E-state index in [2.05, 4.69) is 27.8 Å². The topological polar surface area (TPSA) is 84.9 Å². The first-order chi connectivity index (χ1) is 13.4. The average Bonchev–Trinajstić information content (AvgIpc) is 2.67. The van der Waals surface area contributed by atoms with Crippen molar-refractivity contribution >= 4 is 33.7 Å². The van der Waals surface area contributed by atoms with Gasteiger partial charge in [0, 0.05) is 18.7 Å². The molecule has 0 bridgehead atoms. The van der Waals surface area contributed by atoms with E-state index in [1.807, 2.05) is 6.92 Å². The highest BCUT2D eigenvalue weighted by Gasteiger charge is 2.36. The van der Waals surface area contributed by atoms with E-state index in [0.717, 1.165) is 0 Å². The lowest BCUT2D eigenvalue weighted by atomic mass is 10.1. The number of carbonyl (C=O) groups is 3. The van der Waals surface area contributed by atoms with Gasteiger partial charge in [0.2, 0.25) is 5.91 Å². The Balaban J connectivity index is 2.16. The molecule has 7 nitrogen and oxygen atoms in total. The predicted octanol–water partition coefficient (Wildman–Crippen LogP) is 2.69. The van der Waals surface area contributed by atoms with Crippen LogP contribution in [0.2, 0.25) is 0 Å². The molecule has 1 aromatic carbocycles. The Labute approximate surface area is 173 Å². The van der Waals surface area contributed by atoms with Crippen molar-refractivity contribution in [3.05, 3.63) is 40.9 Å². The molecule has 8 heteroatoms. The molecule has 1 fully saturated rings. The van der Waals surface area contributed by atoms with Gasteiger partial charge in [-0.1, -0.05) is 19.6 Å². The highest BCUT2D eigenvalue weighted by Crippen LogP contribution is 2.27. The van der Waals surface area contributed by atoms with Crippen LogP contribution in [-0.4, -0.2) is 54.5 Å². The quantitative estimate of drug-likeness (QED) is 0.484. The molecule has 0 saturated carbocycles. The lowest BCUT2D eigenvalue weighted by molar-refractivity contribution is -0.151. The molecule has 2 atom stereocenters. The largest absolute Gasteiger partial charge is 0.488 e. The number of nitrogens with zero attached hydrogens (tertiary/aromatic N) is 1. The van der Waals surface area contributed by atoms with Gasteiger partial charge in [0.15, 0.2) is 0 Å². The van der Waals surface area contributed by atoms with Crippen molar-refractivity contribution in [2.75, 3.05) is 19.7 Å². The molecule has 0 aliphatic carbocycles. The van der Waals surface area contributed by atoms with Crippen LogP contribution in [0, 0.1) is 0 Å². The average molecular weight is 453 g/mol. The van der Waals surface area contributed by atoms with Crippen molar-refractivity contribution in [2.45, 2.75) is 38.8 Å². The van der Waals surface area contributed by atoms with Crippen molar-refractivity contribution in [1.82, 2.24) is 10.2 Å². The van der Waals surface area contributed by atoms with Gasteiger partial charge < -0.3 is 19.7 Å². The van der Waals surface area contributed by atoms with Crippen LogP contribution >= 0.6 is 15.9 Å². The Hall–Kier alpha value is -2.35. The molecule has 0 aromatic heterocycles. The number of rotatable bonds is 8. The molecule has 28 heavy (non-hydrogen) atoms. The first-order valence-electron chi connectivity index (χ1n) is 9.18. The standard InChI is InChI=1S/C20H25BrN2O5/c1-4-10-27-17-7-6-14(11-15(17)21)20(26)23-9-8-22-19(25)16(23)12-18(24)28-13(3)5-2/h4,6-7,11,13,16H,1,5,8-10,12H2,2-3H3,(H,22,25). The normalized spacial score (nSPS) is 17.5. The highest BCUT2D eigenvalue weighted by molar-refractivity contribution is 9.10. The van der Waals surface area contributed by atoms with Crippen molar-refractivity contribution in [3.63, 3.8) is 0 Å². The molecule has 2 amide bonds. The molecule has 1 N–H and O–H groups in total. The Morgan fingerprint density at radius 2 is 2.21 bits per heavy atom. The molecular formula is C20H25BrN2O5. The van der Waals surface area contributed by atoms with Gasteiger partial charge in [0.1, 0.15) is 18.4 Å². The van der Waals surface area contributed by atoms with E-state index < -0.39 is 12.0 Å². The van der Waals surface area contributed by atoms with Gasteiger partial charge in [-0.15, -0.1) is 0 Å². The fourth-order valence-corrected chi connectivity index (χ4v) is 3.23. The number of hydrogen-bond acceptors (Lipinski definition) is 5. The number of halogens is 1. The van der Waals surface area contributed by atoms with E-state index in [9.17, 15) is 14.4 Å². The van der Waals surface area contributed by atoms with Crippen molar-refractivity contribution in [3.8, 4) is 5.75 Å². The van der Waals surface area contributed by atoms with Crippen LogP contribution in [-0.2, 0) is 14.3 Å². The van der Waals surface area contributed by atoms with Crippen molar-refractivity contribution in [1.29, 1.82) is 0 Å². The van der Waals surface area contributed by atoms with Crippen LogP contribution in [0.5, 0.6) is 5.75 Å². The first kappa shape index (κ1) is 21.9. The molecular weight excluding hydrogens is 428 g/mol. The summed E-state index contributed by atoms with van der Waals surface area (Å²) in [6.45, 7) is 8.29. The molecule has 1 heterocycles. The third-order valence-electron chi connectivity index (χ3n) is 4.39. The van der Waals surface area contributed by atoms with E-state index >= 15 is 0 Å². The van der Waals surface area contributed by atoms with E-state index in [1.54, 1.807) is 31.2 Å². The summed E-state index contributed by atoms with van der Waals surface area (Å²) in [6.07, 6.45) is 1.90. The maximum absolute atomic E-state index is 13.0. The lowest BCUT2D eigenvalue weighted by Crippen LogP contribution is -2.57. The lowest BCUT2D eigenvalue weighted by Gasteiger charge is -2.34. The maximum Gasteiger partial charge on any atom is 0.308 e. The second-order valence-electron chi connectivity index (χ2n) is 6.46. The molecule has 0 radical (unpaired) electrons. The van der Waals surface area contributed by atoms with Crippen molar-refractivity contribution < 1.29 is 23.9 Å². The van der Waals surface area contributed by atoms with E-state index in [1.165, 1.54) is 4.90 Å². The Morgan fingerprint density at radius 1 is 1.46 bits per heavy atom. The number of piperazine rings is 1. The van der Waals surface area contributed by atoms with Crippen molar-refractivity contribution in [2.24, 2.45) is 0 Å². The van der Waals surface area contributed by atoms with Crippen LogP contribution in [0.4, 0.5) is 0 Å². The zero-order valence-corrected chi connectivity index (χ0v) is 17.7. The fourth-order valence-electron chi connectivity index (χ4n) is 2.74. The van der Waals surface area contributed by atoms with Crippen LogP contribution in [0.15, 0.2) is 35.3 Å². The molecule has 2 unspecified atom stereocenters. The van der Waals surface area contributed by atoms with Crippen LogP contribution < -0.4 is 10.1 Å². The second kappa shape index (κ2) is 10.3. The summed E-state index contributed by atoms with van der Waals surface area (Å²) in [5.41, 5.74) is 0.396. The number of esters is 1. The van der Waals surface area contributed by atoms with Gasteiger partial charge in [-0.05, 0) is 47.5 Å². The van der Waals surface area contributed by atoms with Gasteiger partial charge in [-0.3, -0.25) is 14.4 Å². The summed E-state index contributed by atoms with van der Waals surface area (Å²) in [6, 6.07) is 4.05. The number of nitrogens with one attached hydrogen (secondary N) is 1. The summed E-state index contributed by atoms with van der Waals surface area (Å²) in [5.74, 6) is -0.595. The molecule has 1 aromatic rings. The summed E-state index contributed by atoms with van der Waals surface area (Å²) in [5, 5.41) is 2.71. The number of amides is 2. The third kappa shape index (κ3) is 5.58. The smallest absolute Gasteiger partial charge is 0.308 e. The molecule has 1 saturated heterocycles. The van der Waals surface area contributed by atoms with E-state index in [0.29, 0.717) is 41.9 Å². The molecule has 1 aliphatic heterocycles. The van der Waals surface area contributed by atoms with Gasteiger partial charge >= 0.3 is 5.97 Å². The summed E-state index contributed by atoms with van der Waals surface area (Å²) < 4.78 is 11.4. The van der Waals surface area contributed by atoms with E-state index in [4.69, 9.17) is 9.47 Å². The predicted molar refractivity (Wildman–Crippen MR) is 108 cm³/mol. The number of hydrogen-bond donors (Lipinski definition) is 1. The zero-order valence-electron chi connectivity index (χ0n) is 16.1. The minimum absolute atomic E-state index is 0.177. The maximum atomic E-state index is 13.0. The monoisotopic (exact) mass is 452 g/mol. The number of benzene rings is 1. The zero-order chi connectivity index (χ0) is 20.7. The fraction of sp³-hybridized carbons (Fsp3) is 0.450. The Kier molecular flexibility index (Phi) is 8.04. The van der Waals surface area contributed by atoms with Crippen LogP contribution in [0.3, 0.4) is 0 Å². The second-order valence-corrected chi connectivity index (χ2v) is 7.32. The van der Waals surface area contributed by atoms with Crippen LogP contribution in [0.1, 0.15) is 37.0 Å². The van der Waals surface area contributed by atoms with Gasteiger partial charge in [0.05, 0.1) is 17.0 Å². The summed E-state index contributed by atoms with van der Waals surface area (Å²) >= 11 is 3.39. The minimum atomic E-state index is -0.895. The number of carbonyl (C=O) groups excluding carboxylic acids is 3. The van der Waals surface area contributed by atoms with Gasteiger partial charge in [-0.25, -0.2) is 0 Å². The van der Waals surface area contributed by atoms with E-state index in [-0.39, 0.29) is 24.3 Å². The SMILES string of the molecule is C=CCOc1ccc(C(=O)N2CCNC(=O)C2CC(=O)OC(C)CC)cc1Br. The van der Waals surface area contributed by atoms with Gasteiger partial charge in [0.25, 0.3) is 5.91 Å². The molecule has 0 spiro atoms. The first-order valence-corrected chi connectivity index (χ1v) is 9.98. The summed E-state index contributed by atoms with van der Waals surface area (Å²) in [7, 11) is 0. The molecule has 1 aliphatic rings. The Morgan fingerprint density at radius 3 is 2.86 bits per heavy atom. The third-order valence-corrected chi connectivity index (χ3v) is 5.01. The molecule has 152 valence electrons. The van der Waals surface area contributed by atoms with Gasteiger partial charge in [-0.2, -0.15) is 0 Å². The minimum Gasteiger partial charge on any atom is -0.488 e.